The summed E-state index contributed by atoms with van der Waals surface area (Å²) in [5.74, 6) is -0.241. The number of thiophene rings is 1. The van der Waals surface area contributed by atoms with E-state index in [2.05, 4.69) is 0 Å². The summed E-state index contributed by atoms with van der Waals surface area (Å²) in [7, 11) is 0. The number of amides is 2. The first-order valence-corrected chi connectivity index (χ1v) is 7.09. The van der Waals surface area contributed by atoms with Gasteiger partial charge in [0.25, 0.3) is 0 Å². The molecule has 2 rings (SSSR count). The molecule has 1 aromatic heterocycles. The fourth-order valence-electron chi connectivity index (χ4n) is 2.32. The molecular weight excluding hydrogens is 248 g/mol. The van der Waals surface area contributed by atoms with Crippen molar-refractivity contribution in [2.75, 3.05) is 13.1 Å². The highest BCUT2D eigenvalue weighted by atomic mass is 32.1. The Kier molecular flexibility index (Phi) is 4.01. The summed E-state index contributed by atoms with van der Waals surface area (Å²) in [6, 6.07) is 3.95. The van der Waals surface area contributed by atoms with Crippen LogP contribution in [0.15, 0.2) is 17.5 Å². The summed E-state index contributed by atoms with van der Waals surface area (Å²) in [4.78, 5) is 26.3. The van der Waals surface area contributed by atoms with Gasteiger partial charge in [-0.15, -0.1) is 11.3 Å². The van der Waals surface area contributed by atoms with E-state index in [1.165, 1.54) is 0 Å². The van der Waals surface area contributed by atoms with E-state index >= 15 is 0 Å². The zero-order chi connectivity index (χ0) is 13.1. The molecule has 1 fully saturated rings. The third kappa shape index (κ3) is 2.72. The highest BCUT2D eigenvalue weighted by molar-refractivity contribution is 7.10. The standard InChI is InChI=1S/C13H18N2O2S/c1-9(11-3-2-8-18-11)13(17)15-6-4-10(5-7-15)12(14)16/h2-3,8-10H,4-7H2,1H3,(H2,14,16). The molecule has 1 aliphatic rings. The Morgan fingerprint density at radius 3 is 2.61 bits per heavy atom. The molecule has 0 radical (unpaired) electrons. The van der Waals surface area contributed by atoms with E-state index in [1.807, 2.05) is 29.3 Å². The van der Waals surface area contributed by atoms with E-state index in [1.54, 1.807) is 11.3 Å². The normalized spacial score (nSPS) is 18.6. The molecule has 0 spiro atoms. The second-order valence-electron chi connectivity index (χ2n) is 4.74. The number of nitrogens with zero attached hydrogens (tertiary/aromatic N) is 1. The summed E-state index contributed by atoms with van der Waals surface area (Å²) >= 11 is 1.61. The van der Waals surface area contributed by atoms with Crippen molar-refractivity contribution in [1.29, 1.82) is 0 Å². The molecule has 2 N–H and O–H groups in total. The zero-order valence-electron chi connectivity index (χ0n) is 10.5. The van der Waals surface area contributed by atoms with Gasteiger partial charge in [0.15, 0.2) is 0 Å². The van der Waals surface area contributed by atoms with Gasteiger partial charge in [-0.25, -0.2) is 0 Å². The van der Waals surface area contributed by atoms with Gasteiger partial charge in [-0.2, -0.15) is 0 Å². The van der Waals surface area contributed by atoms with Crippen LogP contribution >= 0.6 is 11.3 Å². The largest absolute Gasteiger partial charge is 0.369 e. The third-order valence-electron chi connectivity index (χ3n) is 3.55. The Balaban J connectivity index is 1.93. The topological polar surface area (TPSA) is 63.4 Å². The summed E-state index contributed by atoms with van der Waals surface area (Å²) in [6.07, 6.45) is 1.39. The molecule has 0 saturated carbocycles. The quantitative estimate of drug-likeness (QED) is 0.902. The number of likely N-dealkylation sites (tertiary alicyclic amines) is 1. The van der Waals surface area contributed by atoms with Crippen LogP contribution in [0.2, 0.25) is 0 Å². The molecular formula is C13H18N2O2S. The second-order valence-corrected chi connectivity index (χ2v) is 5.72. The van der Waals surface area contributed by atoms with Crippen LogP contribution in [0, 0.1) is 5.92 Å². The average Bonchev–Trinajstić information content (AvgIpc) is 2.91. The predicted molar refractivity (Wildman–Crippen MR) is 71.2 cm³/mol. The molecule has 0 aromatic carbocycles. The lowest BCUT2D eigenvalue weighted by Gasteiger charge is -2.32. The van der Waals surface area contributed by atoms with Crippen molar-refractivity contribution in [1.82, 2.24) is 4.90 Å². The molecule has 1 aliphatic heterocycles. The maximum Gasteiger partial charge on any atom is 0.230 e. The van der Waals surface area contributed by atoms with Gasteiger partial charge in [-0.05, 0) is 31.2 Å². The summed E-state index contributed by atoms with van der Waals surface area (Å²) in [6.45, 7) is 3.22. The second kappa shape index (κ2) is 5.52. The number of hydrogen-bond acceptors (Lipinski definition) is 3. The molecule has 1 atom stereocenters. The molecule has 1 unspecified atom stereocenters. The highest BCUT2D eigenvalue weighted by Gasteiger charge is 2.28. The van der Waals surface area contributed by atoms with E-state index in [-0.39, 0.29) is 23.7 Å². The summed E-state index contributed by atoms with van der Waals surface area (Å²) in [5, 5.41) is 1.98. The van der Waals surface area contributed by atoms with Crippen molar-refractivity contribution in [3.05, 3.63) is 22.4 Å². The van der Waals surface area contributed by atoms with Crippen LogP contribution in [0.25, 0.3) is 0 Å². The van der Waals surface area contributed by atoms with Crippen LogP contribution in [-0.2, 0) is 9.59 Å². The van der Waals surface area contributed by atoms with Crippen molar-refractivity contribution < 1.29 is 9.59 Å². The van der Waals surface area contributed by atoms with Gasteiger partial charge in [-0.1, -0.05) is 6.07 Å². The van der Waals surface area contributed by atoms with Crippen LogP contribution in [-0.4, -0.2) is 29.8 Å². The zero-order valence-corrected chi connectivity index (χ0v) is 11.3. The molecule has 98 valence electrons. The molecule has 2 amide bonds. The highest BCUT2D eigenvalue weighted by Crippen LogP contribution is 2.25. The molecule has 18 heavy (non-hydrogen) atoms. The van der Waals surface area contributed by atoms with Gasteiger partial charge in [0.05, 0.1) is 5.92 Å². The first-order chi connectivity index (χ1) is 8.59. The Labute approximate surface area is 111 Å². The first-order valence-electron chi connectivity index (χ1n) is 6.21. The lowest BCUT2D eigenvalue weighted by molar-refractivity contribution is -0.135. The smallest absolute Gasteiger partial charge is 0.230 e. The number of piperidine rings is 1. The minimum absolute atomic E-state index is 0.0638. The number of hydrogen-bond donors (Lipinski definition) is 1. The molecule has 2 heterocycles. The van der Waals surface area contributed by atoms with E-state index in [9.17, 15) is 9.59 Å². The lowest BCUT2D eigenvalue weighted by atomic mass is 9.95. The maximum atomic E-state index is 12.3. The van der Waals surface area contributed by atoms with Crippen LogP contribution in [0.1, 0.15) is 30.6 Å². The Morgan fingerprint density at radius 1 is 1.44 bits per heavy atom. The van der Waals surface area contributed by atoms with Crippen molar-refractivity contribution in [3.63, 3.8) is 0 Å². The Bertz CT molecular complexity index is 422. The number of primary amides is 1. The fraction of sp³-hybridized carbons (Fsp3) is 0.538. The molecule has 0 aliphatic carbocycles. The van der Waals surface area contributed by atoms with Crippen molar-refractivity contribution >= 4 is 23.2 Å². The van der Waals surface area contributed by atoms with Gasteiger partial charge in [0, 0.05) is 23.9 Å². The molecule has 1 saturated heterocycles. The molecule has 4 nitrogen and oxygen atoms in total. The number of nitrogens with two attached hydrogens (primary N) is 1. The summed E-state index contributed by atoms with van der Waals surface area (Å²) in [5.41, 5.74) is 5.28. The minimum Gasteiger partial charge on any atom is -0.369 e. The van der Waals surface area contributed by atoms with Crippen molar-refractivity contribution in [2.24, 2.45) is 11.7 Å². The van der Waals surface area contributed by atoms with E-state index in [0.717, 1.165) is 4.88 Å². The van der Waals surface area contributed by atoms with Gasteiger partial charge < -0.3 is 10.6 Å². The number of carbonyl (C=O) groups excluding carboxylic acids is 2. The number of rotatable bonds is 3. The monoisotopic (exact) mass is 266 g/mol. The van der Waals surface area contributed by atoms with Gasteiger partial charge in [-0.3, -0.25) is 9.59 Å². The van der Waals surface area contributed by atoms with Gasteiger partial charge in [0.1, 0.15) is 0 Å². The molecule has 0 bridgehead atoms. The Morgan fingerprint density at radius 2 is 2.11 bits per heavy atom. The maximum absolute atomic E-state index is 12.3. The predicted octanol–water partition coefficient (Wildman–Crippen LogP) is 1.58. The van der Waals surface area contributed by atoms with E-state index in [0.29, 0.717) is 25.9 Å². The average molecular weight is 266 g/mol. The molecule has 5 heteroatoms. The van der Waals surface area contributed by atoms with Crippen molar-refractivity contribution in [2.45, 2.75) is 25.7 Å². The minimum atomic E-state index is -0.242. The summed E-state index contributed by atoms with van der Waals surface area (Å²) < 4.78 is 0. The van der Waals surface area contributed by atoms with Crippen molar-refractivity contribution in [3.8, 4) is 0 Å². The van der Waals surface area contributed by atoms with Gasteiger partial charge in [0.2, 0.25) is 11.8 Å². The Hall–Kier alpha value is -1.36. The SMILES string of the molecule is CC(C(=O)N1CCC(C(N)=O)CC1)c1cccs1. The van der Waals surface area contributed by atoms with Crippen LogP contribution in [0.3, 0.4) is 0 Å². The van der Waals surface area contributed by atoms with Crippen LogP contribution in [0.5, 0.6) is 0 Å². The third-order valence-corrected chi connectivity index (χ3v) is 4.60. The number of carbonyl (C=O) groups is 2. The lowest BCUT2D eigenvalue weighted by Crippen LogP contribution is -2.43. The fourth-order valence-corrected chi connectivity index (χ4v) is 3.09. The van der Waals surface area contributed by atoms with Gasteiger partial charge >= 0.3 is 0 Å². The first kappa shape index (κ1) is 13.1. The van der Waals surface area contributed by atoms with Crippen LogP contribution in [0.4, 0.5) is 0 Å². The van der Waals surface area contributed by atoms with E-state index < -0.39 is 0 Å². The van der Waals surface area contributed by atoms with E-state index in [4.69, 9.17) is 5.73 Å². The molecule has 1 aromatic rings. The van der Waals surface area contributed by atoms with Crippen LogP contribution < -0.4 is 5.73 Å².